The van der Waals surface area contributed by atoms with Crippen molar-refractivity contribution in [1.29, 1.82) is 0 Å². The molecule has 218 valence electrons. The molecule has 1 aromatic carbocycles. The first kappa shape index (κ1) is 29.7. The van der Waals surface area contributed by atoms with Crippen LogP contribution in [0.3, 0.4) is 0 Å². The summed E-state index contributed by atoms with van der Waals surface area (Å²) in [7, 11) is -1.90. The highest BCUT2D eigenvalue weighted by Crippen LogP contribution is 2.47. The summed E-state index contributed by atoms with van der Waals surface area (Å²) in [6.45, 7) is 16.8. The zero-order chi connectivity index (χ0) is 28.5. The van der Waals surface area contributed by atoms with Crippen LogP contribution in [0.2, 0.25) is 23.3 Å². The van der Waals surface area contributed by atoms with Gasteiger partial charge >= 0.3 is 0 Å². The minimum absolute atomic E-state index is 0.0818. The van der Waals surface area contributed by atoms with Gasteiger partial charge in [0, 0.05) is 24.2 Å². The number of anilines is 1. The van der Waals surface area contributed by atoms with Gasteiger partial charge in [0.25, 0.3) is 0 Å². The SMILES string of the molecule is CCC/C=C/[C@H](O[Si](C)(C)C(C)(C)C)[C@@H]1CC[C@H]1CN1C[C@@]2(CCCc3nc(Cl)ccc32)COc2ccccc21. The minimum Gasteiger partial charge on any atom is -0.490 e. The zero-order valence-electron chi connectivity index (χ0n) is 25.5. The zero-order valence-corrected chi connectivity index (χ0v) is 27.3. The van der Waals surface area contributed by atoms with Gasteiger partial charge in [0.1, 0.15) is 10.9 Å². The third-order valence-corrected chi connectivity index (χ3v) is 14.8. The van der Waals surface area contributed by atoms with Crippen LogP contribution in [0.5, 0.6) is 5.75 Å². The lowest BCUT2D eigenvalue weighted by molar-refractivity contribution is 0.0524. The molecule has 3 aliphatic rings. The molecule has 0 bridgehead atoms. The number of fused-ring (bicyclic) bond motifs is 3. The van der Waals surface area contributed by atoms with Gasteiger partial charge < -0.3 is 14.1 Å². The van der Waals surface area contributed by atoms with Gasteiger partial charge in [0.15, 0.2) is 8.32 Å². The van der Waals surface area contributed by atoms with Crippen LogP contribution in [0.1, 0.15) is 77.5 Å². The summed E-state index contributed by atoms with van der Waals surface area (Å²) < 4.78 is 13.7. The molecule has 2 aromatic rings. The van der Waals surface area contributed by atoms with E-state index in [0.717, 1.165) is 50.2 Å². The second-order valence-electron chi connectivity index (χ2n) is 14.0. The van der Waals surface area contributed by atoms with E-state index < -0.39 is 8.32 Å². The van der Waals surface area contributed by atoms with Gasteiger partial charge in [-0.15, -0.1) is 0 Å². The van der Waals surface area contributed by atoms with Crippen LogP contribution < -0.4 is 9.64 Å². The second-order valence-corrected chi connectivity index (χ2v) is 19.1. The maximum absolute atomic E-state index is 7.12. The van der Waals surface area contributed by atoms with Crippen LogP contribution in [-0.2, 0) is 16.3 Å². The minimum atomic E-state index is -1.90. The Morgan fingerprint density at radius 1 is 1.20 bits per heavy atom. The van der Waals surface area contributed by atoms with Crippen molar-refractivity contribution in [3.63, 3.8) is 0 Å². The fourth-order valence-electron chi connectivity index (χ4n) is 6.63. The largest absolute Gasteiger partial charge is 0.490 e. The molecule has 1 fully saturated rings. The molecule has 4 nitrogen and oxygen atoms in total. The molecule has 1 aliphatic heterocycles. The maximum Gasteiger partial charge on any atom is 0.192 e. The van der Waals surface area contributed by atoms with Gasteiger partial charge in [-0.05, 0) is 92.3 Å². The fourth-order valence-corrected chi connectivity index (χ4v) is 8.08. The number of nitrogens with zero attached hydrogens (tertiary/aromatic N) is 2. The molecule has 5 rings (SSSR count). The molecule has 0 saturated heterocycles. The average molecular weight is 581 g/mol. The maximum atomic E-state index is 7.12. The van der Waals surface area contributed by atoms with Crippen molar-refractivity contribution < 1.29 is 9.16 Å². The Morgan fingerprint density at radius 2 is 2.00 bits per heavy atom. The Kier molecular flexibility index (Phi) is 8.76. The number of unbranched alkanes of at least 4 members (excludes halogenated alkanes) is 1. The molecule has 0 amide bonds. The van der Waals surface area contributed by atoms with Crippen LogP contribution in [0.25, 0.3) is 0 Å². The van der Waals surface area contributed by atoms with Crippen molar-refractivity contribution >= 4 is 25.6 Å². The number of rotatable bonds is 8. The summed E-state index contributed by atoms with van der Waals surface area (Å²) in [5, 5.41) is 0.786. The molecule has 0 unspecified atom stereocenters. The van der Waals surface area contributed by atoms with E-state index in [-0.39, 0.29) is 16.6 Å². The van der Waals surface area contributed by atoms with Crippen LogP contribution >= 0.6 is 11.6 Å². The van der Waals surface area contributed by atoms with Gasteiger partial charge in [-0.2, -0.15) is 0 Å². The van der Waals surface area contributed by atoms with Crippen molar-refractivity contribution in [2.75, 3.05) is 24.6 Å². The van der Waals surface area contributed by atoms with E-state index in [4.69, 9.17) is 25.7 Å². The molecule has 0 radical (unpaired) electrons. The van der Waals surface area contributed by atoms with Crippen LogP contribution in [-0.4, -0.2) is 39.1 Å². The van der Waals surface area contributed by atoms with Gasteiger partial charge in [-0.25, -0.2) is 4.98 Å². The number of halogens is 1. The summed E-state index contributed by atoms with van der Waals surface area (Å²) in [5.41, 5.74) is 3.62. The lowest BCUT2D eigenvalue weighted by atomic mass is 9.69. The third-order valence-electron chi connectivity index (χ3n) is 10.2. The molecular weight excluding hydrogens is 532 g/mol. The summed E-state index contributed by atoms with van der Waals surface area (Å²) in [6, 6.07) is 12.8. The van der Waals surface area contributed by atoms with Gasteiger partial charge in [-0.3, -0.25) is 0 Å². The molecule has 1 saturated carbocycles. The Bertz CT molecular complexity index is 1210. The molecule has 4 atom stereocenters. The van der Waals surface area contributed by atoms with Crippen molar-refractivity contribution in [3.05, 3.63) is 65.0 Å². The summed E-state index contributed by atoms with van der Waals surface area (Å²) in [6.07, 6.45) is 13.0. The smallest absolute Gasteiger partial charge is 0.192 e. The van der Waals surface area contributed by atoms with Crippen molar-refractivity contribution in [2.24, 2.45) is 11.8 Å². The number of hydrogen-bond donors (Lipinski definition) is 0. The Morgan fingerprint density at radius 3 is 2.73 bits per heavy atom. The number of hydrogen-bond acceptors (Lipinski definition) is 4. The predicted molar refractivity (Wildman–Crippen MR) is 170 cm³/mol. The van der Waals surface area contributed by atoms with Gasteiger partial charge in [-0.1, -0.05) is 76.1 Å². The van der Waals surface area contributed by atoms with E-state index in [0.29, 0.717) is 23.6 Å². The number of aromatic nitrogens is 1. The first-order valence-corrected chi connectivity index (χ1v) is 18.8. The molecular formula is C34H49ClN2O2Si. The predicted octanol–water partition coefficient (Wildman–Crippen LogP) is 8.98. The molecule has 2 heterocycles. The first-order chi connectivity index (χ1) is 19.0. The Labute approximate surface area is 248 Å². The summed E-state index contributed by atoms with van der Waals surface area (Å²) in [4.78, 5) is 7.39. The fraction of sp³-hybridized carbons (Fsp3) is 0.618. The highest BCUT2D eigenvalue weighted by molar-refractivity contribution is 6.74. The van der Waals surface area contributed by atoms with E-state index in [9.17, 15) is 0 Å². The number of aryl methyl sites for hydroxylation is 1. The number of ether oxygens (including phenoxy) is 1. The molecule has 2 aliphatic carbocycles. The normalized spacial score (nSPS) is 25.6. The van der Waals surface area contributed by atoms with Gasteiger partial charge in [0.05, 0.1) is 18.4 Å². The Balaban J connectivity index is 1.43. The number of benzene rings is 1. The molecule has 1 aromatic heterocycles. The van der Waals surface area contributed by atoms with E-state index >= 15 is 0 Å². The van der Waals surface area contributed by atoms with Crippen molar-refractivity contribution in [3.8, 4) is 5.75 Å². The molecule has 6 heteroatoms. The van der Waals surface area contributed by atoms with Crippen LogP contribution in [0.4, 0.5) is 5.69 Å². The number of pyridine rings is 1. The average Bonchev–Trinajstić information content (AvgIpc) is 3.03. The van der Waals surface area contributed by atoms with Crippen molar-refractivity contribution in [2.45, 2.75) is 102 Å². The number of allylic oxidation sites excluding steroid dienone is 1. The highest BCUT2D eigenvalue weighted by atomic mass is 35.5. The van der Waals surface area contributed by atoms with E-state index in [2.05, 4.69) is 88.2 Å². The van der Waals surface area contributed by atoms with Gasteiger partial charge in [0.2, 0.25) is 0 Å². The lowest BCUT2D eigenvalue weighted by Gasteiger charge is -2.48. The monoisotopic (exact) mass is 580 g/mol. The number of para-hydroxylation sites is 2. The first-order valence-electron chi connectivity index (χ1n) is 15.5. The standard InChI is InChI=1S/C34H49ClN2O2Si/c1-7-8-9-15-30(39-40(5,6)33(2,3)4)26-18-17-25(26)22-37-23-34(24-38-31-16-11-10-14-29(31)37)21-12-13-28-27(34)19-20-32(35)36-28/h9-11,14-16,19-20,25-26,30H,7-8,12-13,17-18,21-24H2,1-6H3/b15-9+/t25-,26+,30-,34-/m0/s1. The van der Waals surface area contributed by atoms with E-state index in [1.807, 2.05) is 6.07 Å². The molecule has 1 spiro atoms. The third kappa shape index (κ3) is 6.03. The summed E-state index contributed by atoms with van der Waals surface area (Å²) >= 11 is 6.33. The Hall–Kier alpha value is -1.82. The lowest BCUT2D eigenvalue weighted by Crippen LogP contribution is -2.52. The van der Waals surface area contributed by atoms with E-state index in [1.165, 1.54) is 30.5 Å². The highest BCUT2D eigenvalue weighted by Gasteiger charge is 2.46. The second kappa shape index (κ2) is 11.8. The van der Waals surface area contributed by atoms with Crippen molar-refractivity contribution in [1.82, 2.24) is 4.98 Å². The van der Waals surface area contributed by atoms with Crippen LogP contribution in [0.15, 0.2) is 48.6 Å². The molecule has 40 heavy (non-hydrogen) atoms. The molecule has 0 N–H and O–H groups in total. The van der Waals surface area contributed by atoms with E-state index in [1.54, 1.807) is 0 Å². The topological polar surface area (TPSA) is 34.6 Å². The summed E-state index contributed by atoms with van der Waals surface area (Å²) in [5.74, 6) is 2.14. The quantitative estimate of drug-likeness (QED) is 0.177. The van der Waals surface area contributed by atoms with Crippen LogP contribution in [0, 0.1) is 11.8 Å².